The summed E-state index contributed by atoms with van der Waals surface area (Å²) in [5, 5.41) is 17.4. The normalized spacial score (nSPS) is 11.4. The zero-order chi connectivity index (χ0) is 25.9. The summed E-state index contributed by atoms with van der Waals surface area (Å²) in [6.07, 6.45) is 1.34. The highest BCUT2D eigenvalue weighted by Gasteiger charge is 2.22. The van der Waals surface area contributed by atoms with Crippen molar-refractivity contribution >= 4 is 33.8 Å². The topological polar surface area (TPSA) is 122 Å². The molecule has 0 spiro atoms. The maximum Gasteiger partial charge on any atom is 0.315 e. The van der Waals surface area contributed by atoms with Crippen LogP contribution in [0.25, 0.3) is 33.5 Å². The molecule has 10 heteroatoms. The molecular weight excluding hydrogens is 476 g/mol. The Morgan fingerprint density at radius 1 is 1.05 bits per heavy atom. The van der Waals surface area contributed by atoms with Crippen LogP contribution in [0.15, 0.2) is 81.0 Å². The number of nitrogens with zero attached hydrogens (tertiary/aromatic N) is 4. The van der Waals surface area contributed by atoms with Crippen molar-refractivity contribution in [2.45, 2.75) is 13.8 Å². The van der Waals surface area contributed by atoms with Crippen molar-refractivity contribution in [3.05, 3.63) is 92.8 Å². The SMILES string of the molecule is CCOc1cc(C=Nn2c(-c3cc4ccccc4o3)nc3ccccc3c2=O)cc([N+](=O)[O-])c1OCC. The van der Waals surface area contributed by atoms with Crippen LogP contribution in [0.1, 0.15) is 19.4 Å². The Morgan fingerprint density at radius 2 is 1.81 bits per heavy atom. The molecule has 37 heavy (non-hydrogen) atoms. The Morgan fingerprint density at radius 3 is 2.57 bits per heavy atom. The molecule has 3 aromatic carbocycles. The number of benzene rings is 3. The molecule has 0 fully saturated rings. The molecule has 0 saturated carbocycles. The largest absolute Gasteiger partial charge is 0.490 e. The molecule has 186 valence electrons. The number of rotatable bonds is 8. The van der Waals surface area contributed by atoms with Crippen LogP contribution in [0.5, 0.6) is 11.5 Å². The Kier molecular flexibility index (Phi) is 6.38. The molecule has 0 amide bonds. The van der Waals surface area contributed by atoms with E-state index in [9.17, 15) is 14.9 Å². The predicted octanol–water partition coefficient (Wildman–Crippen LogP) is 5.40. The van der Waals surface area contributed by atoms with E-state index in [4.69, 9.17) is 13.9 Å². The minimum absolute atomic E-state index is 0.0407. The molecule has 0 atom stereocenters. The van der Waals surface area contributed by atoms with E-state index < -0.39 is 10.5 Å². The highest BCUT2D eigenvalue weighted by atomic mass is 16.6. The standard InChI is InChI=1S/C27H22N4O6/c1-3-35-23-14-17(13-21(31(33)34)25(23)36-4-2)16-28-30-26(24-15-18-9-5-8-12-22(18)37-24)29-20-11-7-6-10-19(20)27(30)32/h5-16H,3-4H2,1-2H3. The van der Waals surface area contributed by atoms with E-state index in [2.05, 4.69) is 10.1 Å². The quantitative estimate of drug-likeness (QED) is 0.159. The first-order valence-electron chi connectivity index (χ1n) is 11.6. The minimum atomic E-state index is -0.547. The highest BCUT2D eigenvalue weighted by molar-refractivity contribution is 5.85. The second-order valence-corrected chi connectivity index (χ2v) is 7.95. The van der Waals surface area contributed by atoms with Gasteiger partial charge < -0.3 is 13.9 Å². The van der Waals surface area contributed by atoms with E-state index >= 15 is 0 Å². The minimum Gasteiger partial charge on any atom is -0.490 e. The molecule has 0 saturated heterocycles. The van der Waals surface area contributed by atoms with Crippen molar-refractivity contribution in [1.29, 1.82) is 0 Å². The van der Waals surface area contributed by atoms with Gasteiger partial charge in [-0.3, -0.25) is 14.9 Å². The van der Waals surface area contributed by atoms with Gasteiger partial charge in [-0.1, -0.05) is 30.3 Å². The van der Waals surface area contributed by atoms with E-state index in [0.29, 0.717) is 27.8 Å². The number of nitro benzene ring substituents is 1. The number of para-hydroxylation sites is 2. The average Bonchev–Trinajstić information content (AvgIpc) is 3.33. The van der Waals surface area contributed by atoms with Crippen LogP contribution in [0.4, 0.5) is 5.69 Å². The first-order valence-corrected chi connectivity index (χ1v) is 11.6. The van der Waals surface area contributed by atoms with Gasteiger partial charge in [0, 0.05) is 17.0 Å². The van der Waals surface area contributed by atoms with Gasteiger partial charge in [-0.2, -0.15) is 9.78 Å². The molecule has 0 radical (unpaired) electrons. The summed E-state index contributed by atoms with van der Waals surface area (Å²) >= 11 is 0. The lowest BCUT2D eigenvalue weighted by Gasteiger charge is -2.12. The van der Waals surface area contributed by atoms with Crippen molar-refractivity contribution in [3.8, 4) is 23.1 Å². The van der Waals surface area contributed by atoms with E-state index in [1.807, 2.05) is 24.3 Å². The second kappa shape index (κ2) is 9.94. The second-order valence-electron chi connectivity index (χ2n) is 7.95. The van der Waals surface area contributed by atoms with E-state index in [1.54, 1.807) is 50.2 Å². The third kappa shape index (κ3) is 4.52. The van der Waals surface area contributed by atoms with Crippen LogP contribution >= 0.6 is 0 Å². The number of furan rings is 1. The lowest BCUT2D eigenvalue weighted by Crippen LogP contribution is -2.20. The summed E-state index contributed by atoms with van der Waals surface area (Å²) in [7, 11) is 0. The van der Waals surface area contributed by atoms with Gasteiger partial charge >= 0.3 is 5.69 Å². The number of ether oxygens (including phenoxy) is 2. The van der Waals surface area contributed by atoms with Crippen molar-refractivity contribution < 1.29 is 18.8 Å². The molecular formula is C27H22N4O6. The smallest absolute Gasteiger partial charge is 0.315 e. The van der Waals surface area contributed by atoms with Gasteiger partial charge in [0.05, 0.1) is 35.3 Å². The third-order valence-corrected chi connectivity index (χ3v) is 5.56. The van der Waals surface area contributed by atoms with Gasteiger partial charge in [0.2, 0.25) is 11.6 Å². The van der Waals surface area contributed by atoms with Crippen LogP contribution in [0.2, 0.25) is 0 Å². The molecule has 2 aromatic heterocycles. The van der Waals surface area contributed by atoms with Crippen molar-refractivity contribution in [2.75, 3.05) is 13.2 Å². The van der Waals surface area contributed by atoms with Crippen molar-refractivity contribution in [2.24, 2.45) is 5.10 Å². The van der Waals surface area contributed by atoms with Gasteiger partial charge in [-0.15, -0.1) is 0 Å². The van der Waals surface area contributed by atoms with E-state index in [-0.39, 0.29) is 36.2 Å². The van der Waals surface area contributed by atoms with Gasteiger partial charge in [0.25, 0.3) is 5.56 Å². The number of hydrogen-bond donors (Lipinski definition) is 0. The van der Waals surface area contributed by atoms with Crippen LogP contribution in [0.3, 0.4) is 0 Å². The van der Waals surface area contributed by atoms with Crippen molar-refractivity contribution in [1.82, 2.24) is 9.66 Å². The number of fused-ring (bicyclic) bond motifs is 2. The van der Waals surface area contributed by atoms with Crippen LogP contribution in [0, 0.1) is 10.1 Å². The number of hydrogen-bond acceptors (Lipinski definition) is 8. The Labute approximate surface area is 210 Å². The summed E-state index contributed by atoms with van der Waals surface area (Å²) in [6, 6.07) is 19.1. The first-order chi connectivity index (χ1) is 18.0. The summed E-state index contributed by atoms with van der Waals surface area (Å²) in [5.74, 6) is 0.802. The summed E-state index contributed by atoms with van der Waals surface area (Å²) in [5.41, 5.74) is 0.788. The molecule has 10 nitrogen and oxygen atoms in total. The highest BCUT2D eigenvalue weighted by Crippen LogP contribution is 2.38. The molecule has 2 heterocycles. The molecule has 5 aromatic rings. The maximum absolute atomic E-state index is 13.5. The van der Waals surface area contributed by atoms with Crippen LogP contribution in [-0.4, -0.2) is 34.0 Å². The fraction of sp³-hybridized carbons (Fsp3) is 0.148. The van der Waals surface area contributed by atoms with Gasteiger partial charge in [0.15, 0.2) is 11.5 Å². The number of aromatic nitrogens is 2. The molecule has 0 bridgehead atoms. The summed E-state index contributed by atoms with van der Waals surface area (Å²) in [4.78, 5) is 29.3. The van der Waals surface area contributed by atoms with Gasteiger partial charge in [0.1, 0.15) is 5.58 Å². The van der Waals surface area contributed by atoms with E-state index in [0.717, 1.165) is 10.1 Å². The fourth-order valence-corrected chi connectivity index (χ4v) is 3.98. The monoisotopic (exact) mass is 498 g/mol. The molecule has 0 N–H and O–H groups in total. The Hall–Kier alpha value is -4.99. The lowest BCUT2D eigenvalue weighted by atomic mass is 10.2. The third-order valence-electron chi connectivity index (χ3n) is 5.56. The molecule has 0 aliphatic rings. The lowest BCUT2D eigenvalue weighted by molar-refractivity contribution is -0.385. The average molecular weight is 498 g/mol. The van der Waals surface area contributed by atoms with E-state index in [1.165, 1.54) is 12.3 Å². The molecule has 0 unspecified atom stereocenters. The maximum atomic E-state index is 13.5. The first kappa shape index (κ1) is 23.7. The number of nitro groups is 1. The Bertz CT molecular complexity index is 1690. The summed E-state index contributed by atoms with van der Waals surface area (Å²) < 4.78 is 18.2. The van der Waals surface area contributed by atoms with Gasteiger partial charge in [-0.25, -0.2) is 4.98 Å². The zero-order valence-corrected chi connectivity index (χ0v) is 20.1. The molecule has 5 rings (SSSR count). The fourth-order valence-electron chi connectivity index (χ4n) is 3.98. The molecule has 0 aliphatic carbocycles. The van der Waals surface area contributed by atoms with Crippen LogP contribution < -0.4 is 15.0 Å². The van der Waals surface area contributed by atoms with Crippen molar-refractivity contribution in [3.63, 3.8) is 0 Å². The van der Waals surface area contributed by atoms with Crippen LogP contribution in [-0.2, 0) is 0 Å². The zero-order valence-electron chi connectivity index (χ0n) is 20.1. The molecule has 0 aliphatic heterocycles. The van der Waals surface area contributed by atoms with Gasteiger partial charge in [-0.05, 0) is 44.2 Å². The summed E-state index contributed by atoms with van der Waals surface area (Å²) in [6.45, 7) is 4.01. The Balaban J connectivity index is 1.69. The predicted molar refractivity (Wildman–Crippen MR) is 140 cm³/mol.